The van der Waals surface area contributed by atoms with Crippen molar-refractivity contribution >= 4 is 5.97 Å². The number of methoxy groups -OCH3 is 1. The van der Waals surface area contributed by atoms with Crippen molar-refractivity contribution in [1.82, 2.24) is 4.90 Å². The Hall–Kier alpha value is -1.62. The van der Waals surface area contributed by atoms with Gasteiger partial charge in [-0.2, -0.15) is 0 Å². The Morgan fingerprint density at radius 3 is 2.65 bits per heavy atom. The van der Waals surface area contributed by atoms with Gasteiger partial charge in [0.25, 0.3) is 0 Å². The Morgan fingerprint density at radius 2 is 2.12 bits per heavy atom. The summed E-state index contributed by atoms with van der Waals surface area (Å²) in [5.74, 6) is -0.932. The van der Waals surface area contributed by atoms with E-state index in [9.17, 15) is 9.18 Å². The van der Waals surface area contributed by atoms with Gasteiger partial charge in [-0.25, -0.2) is 9.18 Å². The molecule has 1 aromatic rings. The van der Waals surface area contributed by atoms with Crippen LogP contribution >= 0.6 is 0 Å². The van der Waals surface area contributed by atoms with Crippen LogP contribution in [0.15, 0.2) is 18.2 Å². The highest BCUT2D eigenvalue weighted by atomic mass is 19.1. The first-order chi connectivity index (χ1) is 8.04. The summed E-state index contributed by atoms with van der Waals surface area (Å²) in [6.07, 6.45) is 0. The fourth-order valence-electron chi connectivity index (χ4n) is 1.21. The van der Waals surface area contributed by atoms with Crippen LogP contribution in [0, 0.1) is 5.82 Å². The average molecular weight is 241 g/mol. The van der Waals surface area contributed by atoms with Crippen LogP contribution < -0.4 is 4.74 Å². The average Bonchev–Trinajstić information content (AvgIpc) is 2.28. The fourth-order valence-corrected chi connectivity index (χ4v) is 1.21. The quantitative estimate of drug-likeness (QED) is 0.733. The Balaban J connectivity index is 2.65. The molecule has 0 aliphatic heterocycles. The summed E-state index contributed by atoms with van der Waals surface area (Å²) in [5.41, 5.74) is -0.0903. The number of likely N-dealkylation sites (N-methyl/N-ethyl adjacent to an activating group) is 1. The van der Waals surface area contributed by atoms with Gasteiger partial charge in [0.05, 0.1) is 12.7 Å². The molecule has 1 rings (SSSR count). The molecule has 0 bridgehead atoms. The van der Waals surface area contributed by atoms with Crippen molar-refractivity contribution in [2.75, 3.05) is 34.4 Å². The van der Waals surface area contributed by atoms with Gasteiger partial charge in [0.1, 0.15) is 18.2 Å². The second-order valence-corrected chi connectivity index (χ2v) is 3.78. The van der Waals surface area contributed by atoms with E-state index in [1.807, 2.05) is 19.0 Å². The lowest BCUT2D eigenvalue weighted by Gasteiger charge is -2.11. The summed E-state index contributed by atoms with van der Waals surface area (Å²) < 4.78 is 23.3. The van der Waals surface area contributed by atoms with Crippen molar-refractivity contribution in [3.05, 3.63) is 29.6 Å². The summed E-state index contributed by atoms with van der Waals surface area (Å²) in [6, 6.07) is 4.08. The van der Waals surface area contributed by atoms with E-state index < -0.39 is 11.8 Å². The first-order valence-electron chi connectivity index (χ1n) is 5.20. The highest BCUT2D eigenvalue weighted by Crippen LogP contribution is 2.17. The third kappa shape index (κ3) is 4.03. The highest BCUT2D eigenvalue weighted by molar-refractivity contribution is 5.89. The maximum atomic E-state index is 13.5. The molecule has 17 heavy (non-hydrogen) atoms. The van der Waals surface area contributed by atoms with E-state index in [0.29, 0.717) is 12.4 Å². The molecule has 94 valence electrons. The Morgan fingerprint density at radius 1 is 1.41 bits per heavy atom. The van der Waals surface area contributed by atoms with Crippen molar-refractivity contribution in [2.24, 2.45) is 0 Å². The summed E-state index contributed by atoms with van der Waals surface area (Å²) >= 11 is 0. The number of rotatable bonds is 5. The fraction of sp³-hybridized carbons (Fsp3) is 0.417. The maximum Gasteiger partial charge on any atom is 0.340 e. The number of ether oxygens (including phenoxy) is 2. The third-order valence-electron chi connectivity index (χ3n) is 2.15. The number of hydrogen-bond donors (Lipinski definition) is 0. The third-order valence-corrected chi connectivity index (χ3v) is 2.15. The Labute approximate surface area is 99.9 Å². The molecule has 0 N–H and O–H groups in total. The molecule has 0 saturated heterocycles. The minimum absolute atomic E-state index is 0.0903. The Bertz CT molecular complexity index is 393. The molecule has 4 nitrogen and oxygen atoms in total. The molecule has 0 unspecified atom stereocenters. The van der Waals surface area contributed by atoms with Gasteiger partial charge < -0.3 is 14.4 Å². The van der Waals surface area contributed by atoms with Crippen LogP contribution in [0.3, 0.4) is 0 Å². The van der Waals surface area contributed by atoms with Gasteiger partial charge in [-0.15, -0.1) is 0 Å². The van der Waals surface area contributed by atoms with Crippen LogP contribution in [-0.2, 0) is 4.74 Å². The van der Waals surface area contributed by atoms with Gasteiger partial charge in [0, 0.05) is 12.6 Å². The topological polar surface area (TPSA) is 38.8 Å². The van der Waals surface area contributed by atoms with E-state index in [1.54, 1.807) is 6.07 Å². The molecule has 0 aliphatic rings. The standard InChI is InChI=1S/C12H16FNO3/c1-14(2)6-7-17-9-4-5-10(11(13)8-9)12(15)16-3/h4-5,8H,6-7H2,1-3H3. The van der Waals surface area contributed by atoms with Crippen LogP contribution in [-0.4, -0.2) is 45.2 Å². The number of benzene rings is 1. The van der Waals surface area contributed by atoms with E-state index >= 15 is 0 Å². The summed E-state index contributed by atoms with van der Waals surface area (Å²) in [6.45, 7) is 1.20. The summed E-state index contributed by atoms with van der Waals surface area (Å²) in [7, 11) is 5.05. The SMILES string of the molecule is COC(=O)c1ccc(OCCN(C)C)cc1F. The molecule has 0 amide bonds. The molecule has 0 radical (unpaired) electrons. The zero-order valence-corrected chi connectivity index (χ0v) is 10.2. The number of nitrogens with zero attached hydrogens (tertiary/aromatic N) is 1. The number of carbonyl (C=O) groups excluding carboxylic acids is 1. The van der Waals surface area contributed by atoms with E-state index in [1.165, 1.54) is 19.2 Å². The molecule has 1 aromatic carbocycles. The normalized spacial score (nSPS) is 10.4. The van der Waals surface area contributed by atoms with Crippen LogP contribution in [0.4, 0.5) is 4.39 Å². The van der Waals surface area contributed by atoms with Crippen LogP contribution in [0.25, 0.3) is 0 Å². The summed E-state index contributed by atoms with van der Waals surface area (Å²) in [4.78, 5) is 13.1. The molecular formula is C12H16FNO3. The zero-order valence-electron chi connectivity index (χ0n) is 10.2. The molecule has 0 aliphatic carbocycles. The Kier molecular flexibility index (Phi) is 4.90. The van der Waals surface area contributed by atoms with Gasteiger partial charge in [-0.05, 0) is 26.2 Å². The van der Waals surface area contributed by atoms with Gasteiger partial charge in [-0.1, -0.05) is 0 Å². The monoisotopic (exact) mass is 241 g/mol. The second-order valence-electron chi connectivity index (χ2n) is 3.78. The minimum Gasteiger partial charge on any atom is -0.492 e. The number of esters is 1. The minimum atomic E-state index is -0.692. The van der Waals surface area contributed by atoms with Crippen LogP contribution in [0.1, 0.15) is 10.4 Å². The predicted molar refractivity (Wildman–Crippen MR) is 61.8 cm³/mol. The molecule has 0 fully saturated rings. The van der Waals surface area contributed by atoms with Crippen molar-refractivity contribution in [2.45, 2.75) is 0 Å². The van der Waals surface area contributed by atoms with Crippen molar-refractivity contribution < 1.29 is 18.7 Å². The number of carbonyl (C=O) groups is 1. The van der Waals surface area contributed by atoms with E-state index in [4.69, 9.17) is 4.74 Å². The van der Waals surface area contributed by atoms with Gasteiger partial charge >= 0.3 is 5.97 Å². The van der Waals surface area contributed by atoms with E-state index in [-0.39, 0.29) is 5.56 Å². The molecular weight excluding hydrogens is 225 g/mol. The highest BCUT2D eigenvalue weighted by Gasteiger charge is 2.12. The van der Waals surface area contributed by atoms with E-state index in [0.717, 1.165) is 6.54 Å². The lowest BCUT2D eigenvalue weighted by molar-refractivity contribution is 0.0595. The van der Waals surface area contributed by atoms with Gasteiger partial charge in [0.2, 0.25) is 0 Å². The molecule has 0 spiro atoms. The summed E-state index contributed by atoms with van der Waals surface area (Å²) in [5, 5.41) is 0. The van der Waals surface area contributed by atoms with Gasteiger partial charge in [-0.3, -0.25) is 0 Å². The van der Waals surface area contributed by atoms with Crippen molar-refractivity contribution in [3.63, 3.8) is 0 Å². The second kappa shape index (κ2) is 6.20. The lowest BCUT2D eigenvalue weighted by Crippen LogP contribution is -2.19. The first-order valence-corrected chi connectivity index (χ1v) is 5.20. The number of halogens is 1. The molecule has 0 heterocycles. The van der Waals surface area contributed by atoms with Crippen LogP contribution in [0.5, 0.6) is 5.75 Å². The maximum absolute atomic E-state index is 13.5. The first kappa shape index (κ1) is 13.4. The lowest BCUT2D eigenvalue weighted by atomic mass is 10.2. The van der Waals surface area contributed by atoms with Crippen molar-refractivity contribution in [3.8, 4) is 5.75 Å². The van der Waals surface area contributed by atoms with E-state index in [2.05, 4.69) is 4.74 Å². The smallest absolute Gasteiger partial charge is 0.340 e. The molecule has 0 atom stereocenters. The predicted octanol–water partition coefficient (Wildman–Crippen LogP) is 1.55. The number of hydrogen-bond acceptors (Lipinski definition) is 4. The largest absolute Gasteiger partial charge is 0.492 e. The molecule has 0 aromatic heterocycles. The van der Waals surface area contributed by atoms with Crippen LogP contribution in [0.2, 0.25) is 0 Å². The molecule has 0 saturated carbocycles. The molecule has 5 heteroatoms. The van der Waals surface area contributed by atoms with Crippen molar-refractivity contribution in [1.29, 1.82) is 0 Å². The van der Waals surface area contributed by atoms with Gasteiger partial charge in [0.15, 0.2) is 0 Å². The zero-order chi connectivity index (χ0) is 12.8.